The first-order chi connectivity index (χ1) is 21.4. The number of aromatic nitrogens is 1. The number of hydrogen-bond acceptors (Lipinski definition) is 7. The Morgan fingerprint density at radius 1 is 0.477 bits per heavy atom. The third kappa shape index (κ3) is 6.79. The van der Waals surface area contributed by atoms with Crippen molar-refractivity contribution in [2.24, 2.45) is 9.98 Å². The molecule has 0 aliphatic carbocycles. The van der Waals surface area contributed by atoms with E-state index in [1.807, 2.05) is 117 Å². The minimum Gasteiger partial charge on any atom is -0.497 e. The van der Waals surface area contributed by atoms with Gasteiger partial charge in [-0.25, -0.2) is 15.0 Å². The van der Waals surface area contributed by atoms with Gasteiger partial charge in [-0.1, -0.05) is 6.07 Å². The van der Waals surface area contributed by atoms with E-state index in [2.05, 4.69) is 0 Å². The van der Waals surface area contributed by atoms with Crippen molar-refractivity contribution >= 4 is 22.8 Å². The molecule has 222 valence electrons. The summed E-state index contributed by atoms with van der Waals surface area (Å²) in [6.07, 6.45) is 0. The zero-order valence-electron chi connectivity index (χ0n) is 25.8. The fraction of sp³-hybridized carbons (Fsp3) is 0.162. The van der Waals surface area contributed by atoms with E-state index in [9.17, 15) is 0 Å². The van der Waals surface area contributed by atoms with E-state index < -0.39 is 0 Å². The topological polar surface area (TPSA) is 74.5 Å². The first-order valence-electron chi connectivity index (χ1n) is 14.2. The van der Waals surface area contributed by atoms with Crippen LogP contribution in [0.25, 0.3) is 0 Å². The summed E-state index contributed by atoms with van der Waals surface area (Å²) in [5, 5.41) is 0. The van der Waals surface area contributed by atoms with Gasteiger partial charge in [0.25, 0.3) is 0 Å². The van der Waals surface area contributed by atoms with Crippen LogP contribution in [-0.4, -0.2) is 44.8 Å². The van der Waals surface area contributed by atoms with Crippen LogP contribution in [0, 0.1) is 13.8 Å². The molecule has 7 heteroatoms. The number of benzene rings is 4. The van der Waals surface area contributed by atoms with Gasteiger partial charge in [-0.2, -0.15) is 0 Å². The molecule has 44 heavy (non-hydrogen) atoms. The third-order valence-corrected chi connectivity index (χ3v) is 7.23. The summed E-state index contributed by atoms with van der Waals surface area (Å²) in [4.78, 5) is 15.4. The predicted molar refractivity (Wildman–Crippen MR) is 176 cm³/mol. The number of aliphatic imine (C=N–C) groups is 2. The van der Waals surface area contributed by atoms with Crippen LogP contribution >= 0.6 is 0 Å². The lowest BCUT2D eigenvalue weighted by molar-refractivity contribution is 0.414. The maximum absolute atomic E-state index is 5.42. The average molecular weight is 586 g/mol. The Labute approximate surface area is 258 Å². The Morgan fingerprint density at radius 3 is 1.18 bits per heavy atom. The van der Waals surface area contributed by atoms with Crippen LogP contribution in [0.5, 0.6) is 23.0 Å². The first kappa shape index (κ1) is 30.0. The van der Waals surface area contributed by atoms with E-state index in [-0.39, 0.29) is 0 Å². The normalized spacial score (nSPS) is 11.7. The smallest absolute Gasteiger partial charge is 0.119 e. The molecule has 7 nitrogen and oxygen atoms in total. The first-order valence-corrected chi connectivity index (χ1v) is 14.2. The fourth-order valence-corrected chi connectivity index (χ4v) is 4.74. The molecule has 4 aromatic carbocycles. The number of rotatable bonds is 10. The van der Waals surface area contributed by atoms with Gasteiger partial charge in [-0.3, -0.25) is 0 Å². The van der Waals surface area contributed by atoms with Gasteiger partial charge in [0.05, 0.1) is 62.6 Å². The van der Waals surface area contributed by atoms with E-state index in [0.29, 0.717) is 11.4 Å². The maximum Gasteiger partial charge on any atom is 0.119 e. The second-order valence-corrected chi connectivity index (χ2v) is 10.1. The number of pyridine rings is 1. The summed E-state index contributed by atoms with van der Waals surface area (Å²) in [5.74, 6) is 3.09. The number of hydrogen-bond donors (Lipinski definition) is 0. The highest BCUT2D eigenvalue weighted by molar-refractivity contribution is 6.16. The highest BCUT2D eigenvalue weighted by atomic mass is 16.5. The van der Waals surface area contributed by atoms with Gasteiger partial charge in [0.1, 0.15) is 23.0 Å². The lowest BCUT2D eigenvalue weighted by Gasteiger charge is -2.13. The van der Waals surface area contributed by atoms with Crippen molar-refractivity contribution in [1.82, 2.24) is 4.98 Å². The SMILES string of the molecule is COc1ccc(/C(=N\c2ccc(OC)cc2C)c2cccc(/C(=N/c3ccc(OC)cc3C)c3ccc(OC)cc3)n2)cc1. The molecule has 5 aromatic rings. The molecule has 5 rings (SSSR count). The molecule has 0 radical (unpaired) electrons. The third-order valence-electron chi connectivity index (χ3n) is 7.23. The molecule has 0 atom stereocenters. The van der Waals surface area contributed by atoms with Gasteiger partial charge in [0.15, 0.2) is 0 Å². The second kappa shape index (κ2) is 13.7. The molecule has 0 spiro atoms. The molecule has 0 saturated carbocycles. The highest BCUT2D eigenvalue weighted by Crippen LogP contribution is 2.28. The van der Waals surface area contributed by atoms with Crippen molar-refractivity contribution in [2.45, 2.75) is 13.8 Å². The van der Waals surface area contributed by atoms with Crippen LogP contribution in [0.1, 0.15) is 33.6 Å². The summed E-state index contributed by atoms with van der Waals surface area (Å²) >= 11 is 0. The summed E-state index contributed by atoms with van der Waals surface area (Å²) in [5.41, 5.74) is 8.27. The van der Waals surface area contributed by atoms with Crippen molar-refractivity contribution in [3.8, 4) is 23.0 Å². The van der Waals surface area contributed by atoms with Gasteiger partial charge in [0, 0.05) is 11.1 Å². The minimum atomic E-state index is 0.704. The van der Waals surface area contributed by atoms with Gasteiger partial charge < -0.3 is 18.9 Å². The van der Waals surface area contributed by atoms with Crippen LogP contribution in [0.4, 0.5) is 11.4 Å². The van der Waals surface area contributed by atoms with Crippen LogP contribution < -0.4 is 18.9 Å². The molecule has 0 fully saturated rings. The molecule has 0 bridgehead atoms. The van der Waals surface area contributed by atoms with Crippen molar-refractivity contribution in [3.63, 3.8) is 0 Å². The number of nitrogens with zero attached hydrogens (tertiary/aromatic N) is 3. The van der Waals surface area contributed by atoms with E-state index >= 15 is 0 Å². The van der Waals surface area contributed by atoms with Crippen LogP contribution in [0.3, 0.4) is 0 Å². The minimum absolute atomic E-state index is 0.704. The monoisotopic (exact) mass is 585 g/mol. The Balaban J connectivity index is 1.68. The molecule has 1 aromatic heterocycles. The Kier molecular flexibility index (Phi) is 9.35. The zero-order chi connectivity index (χ0) is 31.1. The highest BCUT2D eigenvalue weighted by Gasteiger charge is 2.16. The van der Waals surface area contributed by atoms with Crippen LogP contribution in [0.2, 0.25) is 0 Å². The molecular formula is C37H35N3O4. The van der Waals surface area contributed by atoms with Crippen molar-refractivity contribution in [3.05, 3.63) is 137 Å². The summed E-state index contributed by atoms with van der Waals surface area (Å²) in [6, 6.07) is 33.2. The molecule has 0 unspecified atom stereocenters. The average Bonchev–Trinajstić information content (AvgIpc) is 3.07. The Bertz CT molecular complexity index is 1680. The van der Waals surface area contributed by atoms with Gasteiger partial charge in [-0.05, 0) is 122 Å². The van der Waals surface area contributed by atoms with Crippen molar-refractivity contribution < 1.29 is 18.9 Å². The Morgan fingerprint density at radius 2 is 0.841 bits per heavy atom. The summed E-state index contributed by atoms with van der Waals surface area (Å²) < 4.78 is 21.7. The molecule has 0 N–H and O–H groups in total. The molecule has 0 saturated heterocycles. The van der Waals surface area contributed by atoms with Gasteiger partial charge >= 0.3 is 0 Å². The summed E-state index contributed by atoms with van der Waals surface area (Å²) in [6.45, 7) is 4.03. The molecule has 0 amide bonds. The molecule has 0 aliphatic heterocycles. The fourth-order valence-electron chi connectivity index (χ4n) is 4.74. The lowest BCUT2D eigenvalue weighted by Crippen LogP contribution is -2.12. The van der Waals surface area contributed by atoms with E-state index in [0.717, 1.165) is 68.0 Å². The van der Waals surface area contributed by atoms with Crippen molar-refractivity contribution in [2.75, 3.05) is 28.4 Å². The van der Waals surface area contributed by atoms with E-state index in [1.165, 1.54) is 0 Å². The Hall–Kier alpha value is -5.43. The van der Waals surface area contributed by atoms with Crippen LogP contribution in [-0.2, 0) is 0 Å². The quantitative estimate of drug-likeness (QED) is 0.155. The van der Waals surface area contributed by atoms with Gasteiger partial charge in [-0.15, -0.1) is 0 Å². The maximum atomic E-state index is 5.42. The molecular weight excluding hydrogens is 550 g/mol. The second-order valence-electron chi connectivity index (χ2n) is 10.1. The van der Waals surface area contributed by atoms with Crippen molar-refractivity contribution in [1.29, 1.82) is 0 Å². The van der Waals surface area contributed by atoms with Crippen LogP contribution in [0.15, 0.2) is 113 Å². The van der Waals surface area contributed by atoms with E-state index in [4.69, 9.17) is 33.9 Å². The largest absolute Gasteiger partial charge is 0.497 e. The lowest BCUT2D eigenvalue weighted by atomic mass is 10.0. The number of methoxy groups -OCH3 is 4. The number of aryl methyl sites for hydroxylation is 2. The standard InChI is InChI=1S/C37H35N3O4/c1-24-22-30(43-5)18-20-32(24)39-36(26-10-14-28(41-3)15-11-26)34-8-7-9-35(38-34)37(27-12-16-29(42-4)17-13-27)40-33-21-19-31(44-6)23-25(33)2/h7-23H,1-6H3/b39-36+,40-37+. The predicted octanol–water partition coefficient (Wildman–Crippen LogP) is 8.07. The molecule has 0 aliphatic rings. The number of ether oxygens (including phenoxy) is 4. The molecule has 1 heterocycles. The van der Waals surface area contributed by atoms with E-state index in [1.54, 1.807) is 28.4 Å². The zero-order valence-corrected chi connectivity index (χ0v) is 25.8. The van der Waals surface area contributed by atoms with Gasteiger partial charge in [0.2, 0.25) is 0 Å². The summed E-state index contributed by atoms with van der Waals surface area (Å²) in [7, 11) is 6.62.